The minimum Gasteiger partial charge on any atom is -0.493 e. The number of hydrogen-bond donors (Lipinski definition) is 1. The highest BCUT2D eigenvalue weighted by atomic mass is 35.5. The van der Waals surface area contributed by atoms with E-state index in [1.54, 1.807) is 0 Å². The molecule has 0 bridgehead atoms. The van der Waals surface area contributed by atoms with Crippen LogP contribution >= 0.6 is 24.8 Å². The molecule has 3 rings (SSSR count). The Morgan fingerprint density at radius 1 is 1.21 bits per heavy atom. The molecule has 2 heterocycles. The van der Waals surface area contributed by atoms with Gasteiger partial charge >= 0.3 is 0 Å². The van der Waals surface area contributed by atoms with Gasteiger partial charge in [0.15, 0.2) is 0 Å². The first kappa shape index (κ1) is 16.6. The number of nitrogens with one attached hydrogen (secondary N) is 1. The average molecular weight is 305 g/mol. The van der Waals surface area contributed by atoms with Crippen LogP contribution in [0.15, 0.2) is 18.2 Å². The lowest BCUT2D eigenvalue weighted by molar-refractivity contribution is 0.185. The molecule has 0 aromatic heterocycles. The van der Waals surface area contributed by atoms with Crippen LogP contribution in [-0.4, -0.2) is 37.7 Å². The molecule has 3 nitrogen and oxygen atoms in total. The summed E-state index contributed by atoms with van der Waals surface area (Å²) in [4.78, 5) is 2.53. The van der Waals surface area contributed by atoms with E-state index in [-0.39, 0.29) is 24.8 Å². The van der Waals surface area contributed by atoms with Gasteiger partial charge in [0.1, 0.15) is 5.75 Å². The van der Waals surface area contributed by atoms with Gasteiger partial charge in [0.25, 0.3) is 0 Å². The van der Waals surface area contributed by atoms with Crippen LogP contribution < -0.4 is 10.1 Å². The molecule has 0 aliphatic carbocycles. The maximum absolute atomic E-state index is 5.65. The van der Waals surface area contributed by atoms with E-state index in [0.717, 1.165) is 45.0 Å². The van der Waals surface area contributed by atoms with Crippen LogP contribution in [-0.2, 0) is 6.42 Å². The van der Waals surface area contributed by atoms with E-state index in [9.17, 15) is 0 Å². The van der Waals surface area contributed by atoms with Gasteiger partial charge in [-0.3, -0.25) is 4.90 Å². The average Bonchev–Trinajstić information content (AvgIpc) is 2.86. The Kier molecular flexibility index (Phi) is 6.40. The maximum atomic E-state index is 5.65. The molecule has 1 aromatic carbocycles. The summed E-state index contributed by atoms with van der Waals surface area (Å²) in [7, 11) is 0. The van der Waals surface area contributed by atoms with Crippen molar-refractivity contribution >= 4 is 24.8 Å². The zero-order chi connectivity index (χ0) is 11.7. The summed E-state index contributed by atoms with van der Waals surface area (Å²) in [6.45, 7) is 7.62. The van der Waals surface area contributed by atoms with E-state index in [0.29, 0.717) is 6.04 Å². The third kappa shape index (κ3) is 3.54. The van der Waals surface area contributed by atoms with E-state index in [1.165, 1.54) is 11.1 Å². The molecule has 1 unspecified atom stereocenters. The number of halogens is 2. The summed E-state index contributed by atoms with van der Waals surface area (Å²) in [5.41, 5.74) is 2.74. The number of nitrogens with zero attached hydrogens (tertiary/aromatic N) is 1. The van der Waals surface area contributed by atoms with Crippen LogP contribution in [0, 0.1) is 0 Å². The van der Waals surface area contributed by atoms with Crippen LogP contribution in [0.3, 0.4) is 0 Å². The number of ether oxygens (including phenoxy) is 1. The van der Waals surface area contributed by atoms with Crippen LogP contribution in [0.2, 0.25) is 0 Å². The maximum Gasteiger partial charge on any atom is 0.122 e. The quantitative estimate of drug-likeness (QED) is 0.908. The van der Waals surface area contributed by atoms with Gasteiger partial charge in [0.2, 0.25) is 0 Å². The van der Waals surface area contributed by atoms with Crippen LogP contribution in [0.1, 0.15) is 24.1 Å². The highest BCUT2D eigenvalue weighted by Gasteiger charge is 2.20. The van der Waals surface area contributed by atoms with Crippen LogP contribution in [0.4, 0.5) is 0 Å². The standard InChI is InChI=1S/C14H20N2O.2ClH/c1-11(16-7-5-15-6-8-16)13-3-2-12-4-9-17-14(12)10-13;;/h2-3,10-11,15H,4-9H2,1H3;2*1H. The largest absolute Gasteiger partial charge is 0.493 e. The molecule has 1 fully saturated rings. The van der Waals surface area contributed by atoms with Gasteiger partial charge in [-0.2, -0.15) is 0 Å². The summed E-state index contributed by atoms with van der Waals surface area (Å²) in [5.74, 6) is 1.10. The molecule has 1 saturated heterocycles. The molecule has 1 N–H and O–H groups in total. The second-order valence-electron chi connectivity index (χ2n) is 4.93. The van der Waals surface area contributed by atoms with Gasteiger partial charge in [0.05, 0.1) is 6.61 Å². The van der Waals surface area contributed by atoms with Gasteiger partial charge in [-0.05, 0) is 24.1 Å². The fourth-order valence-corrected chi connectivity index (χ4v) is 2.72. The molecule has 5 heteroatoms. The van der Waals surface area contributed by atoms with Crippen molar-refractivity contribution in [3.8, 4) is 5.75 Å². The molecule has 0 spiro atoms. The third-order valence-corrected chi connectivity index (χ3v) is 3.90. The highest BCUT2D eigenvalue weighted by molar-refractivity contribution is 5.85. The van der Waals surface area contributed by atoms with E-state index in [1.807, 2.05) is 0 Å². The Labute approximate surface area is 127 Å². The molecule has 19 heavy (non-hydrogen) atoms. The van der Waals surface area contributed by atoms with E-state index >= 15 is 0 Å². The van der Waals surface area contributed by atoms with Crippen LogP contribution in [0.25, 0.3) is 0 Å². The minimum atomic E-state index is 0. The first-order valence-corrected chi connectivity index (χ1v) is 6.55. The minimum absolute atomic E-state index is 0. The number of hydrogen-bond acceptors (Lipinski definition) is 3. The lowest BCUT2D eigenvalue weighted by Crippen LogP contribution is -2.44. The van der Waals surface area contributed by atoms with Crippen molar-refractivity contribution in [3.05, 3.63) is 29.3 Å². The molecule has 2 aliphatic heterocycles. The smallest absolute Gasteiger partial charge is 0.122 e. The van der Waals surface area contributed by atoms with E-state index in [2.05, 4.69) is 35.3 Å². The van der Waals surface area contributed by atoms with E-state index in [4.69, 9.17) is 4.74 Å². The van der Waals surface area contributed by atoms with Gasteiger partial charge in [-0.1, -0.05) is 12.1 Å². The normalized spacial score (nSPS) is 19.6. The Morgan fingerprint density at radius 3 is 2.68 bits per heavy atom. The summed E-state index contributed by atoms with van der Waals surface area (Å²) in [6, 6.07) is 7.22. The number of benzene rings is 1. The predicted molar refractivity (Wildman–Crippen MR) is 83.0 cm³/mol. The van der Waals surface area contributed by atoms with Gasteiger partial charge in [-0.25, -0.2) is 0 Å². The molecule has 2 aliphatic rings. The summed E-state index contributed by atoms with van der Waals surface area (Å²) in [5, 5.41) is 3.40. The Morgan fingerprint density at radius 2 is 1.95 bits per heavy atom. The fourth-order valence-electron chi connectivity index (χ4n) is 2.72. The summed E-state index contributed by atoms with van der Waals surface area (Å²) >= 11 is 0. The number of rotatable bonds is 2. The van der Waals surface area contributed by atoms with Gasteiger partial charge < -0.3 is 10.1 Å². The lowest BCUT2D eigenvalue weighted by atomic mass is 10.0. The Balaban J connectivity index is 0.000000902. The molecular formula is C14H22Cl2N2O. The second kappa shape index (κ2) is 7.34. The first-order valence-electron chi connectivity index (χ1n) is 6.55. The molecule has 0 radical (unpaired) electrons. The van der Waals surface area contributed by atoms with Crippen molar-refractivity contribution in [2.45, 2.75) is 19.4 Å². The molecule has 0 amide bonds. The van der Waals surface area contributed by atoms with Crippen LogP contribution in [0.5, 0.6) is 5.75 Å². The zero-order valence-corrected chi connectivity index (χ0v) is 12.9. The fraction of sp³-hybridized carbons (Fsp3) is 0.571. The Hall–Kier alpha value is -0.480. The molecule has 1 aromatic rings. The van der Waals surface area contributed by atoms with Crippen molar-refractivity contribution in [2.24, 2.45) is 0 Å². The summed E-state index contributed by atoms with van der Waals surface area (Å²) in [6.07, 6.45) is 1.07. The highest BCUT2D eigenvalue weighted by Crippen LogP contribution is 2.30. The van der Waals surface area contributed by atoms with Gasteiger partial charge in [0, 0.05) is 38.6 Å². The van der Waals surface area contributed by atoms with Crippen molar-refractivity contribution < 1.29 is 4.74 Å². The topological polar surface area (TPSA) is 24.5 Å². The van der Waals surface area contributed by atoms with Crippen molar-refractivity contribution in [1.82, 2.24) is 10.2 Å². The van der Waals surface area contributed by atoms with Crippen molar-refractivity contribution in [3.63, 3.8) is 0 Å². The molecule has 0 saturated carbocycles. The predicted octanol–water partition coefficient (Wildman–Crippen LogP) is 2.43. The molecular weight excluding hydrogens is 283 g/mol. The first-order chi connectivity index (χ1) is 8.34. The van der Waals surface area contributed by atoms with E-state index < -0.39 is 0 Å². The zero-order valence-electron chi connectivity index (χ0n) is 11.2. The summed E-state index contributed by atoms with van der Waals surface area (Å²) < 4.78 is 5.65. The van der Waals surface area contributed by atoms with Crippen molar-refractivity contribution in [2.75, 3.05) is 32.8 Å². The third-order valence-electron chi connectivity index (χ3n) is 3.90. The number of fused-ring (bicyclic) bond motifs is 1. The SMILES string of the molecule is CC(c1ccc2c(c1)OCC2)N1CCNCC1.Cl.Cl. The second-order valence-corrected chi connectivity index (χ2v) is 4.93. The van der Waals surface area contributed by atoms with Gasteiger partial charge in [-0.15, -0.1) is 24.8 Å². The Bertz CT molecular complexity index is 408. The monoisotopic (exact) mass is 304 g/mol. The molecule has 108 valence electrons. The molecule has 1 atom stereocenters. The van der Waals surface area contributed by atoms with Crippen molar-refractivity contribution in [1.29, 1.82) is 0 Å². The number of piperazine rings is 1. The lowest BCUT2D eigenvalue weighted by Gasteiger charge is -2.33.